The predicted molar refractivity (Wildman–Crippen MR) is 127 cm³/mol. The van der Waals surface area contributed by atoms with Gasteiger partial charge in [-0.05, 0) is 34.4 Å². The van der Waals surface area contributed by atoms with E-state index in [2.05, 4.69) is 17.4 Å². The number of carboxylic acid groups (broad SMARTS) is 1. The summed E-state index contributed by atoms with van der Waals surface area (Å²) in [6.45, 7) is 0.254. The van der Waals surface area contributed by atoms with Gasteiger partial charge in [0.15, 0.2) is 0 Å². The van der Waals surface area contributed by atoms with E-state index in [1.165, 1.54) is 0 Å². The number of nitrogens with one attached hydrogen (secondary N) is 1. The Morgan fingerprint density at radius 2 is 1.47 bits per heavy atom. The Balaban J connectivity index is 0.00000289. The third-order valence-corrected chi connectivity index (χ3v) is 5.59. The molecule has 3 aromatic carbocycles. The molecule has 0 saturated carbocycles. The second kappa shape index (κ2) is 10.2. The fraction of sp³-hybridized carbons (Fsp3) is 0.200. The van der Waals surface area contributed by atoms with Gasteiger partial charge in [0, 0.05) is 25.2 Å². The Morgan fingerprint density at radius 1 is 0.938 bits per heavy atom. The largest absolute Gasteiger partial charge is 0.480 e. The van der Waals surface area contributed by atoms with Crippen LogP contribution in [0.1, 0.15) is 17.0 Å². The van der Waals surface area contributed by atoms with Crippen LogP contribution >= 0.6 is 12.4 Å². The molecule has 0 radical (unpaired) electrons. The number of carbonyl (C=O) groups excluding carboxylic acids is 1. The summed E-state index contributed by atoms with van der Waals surface area (Å²) < 4.78 is 5.48. The lowest BCUT2D eigenvalue weighted by atomic mass is 9.98. The summed E-state index contributed by atoms with van der Waals surface area (Å²) in [7, 11) is 1.78. The molecule has 3 aromatic rings. The van der Waals surface area contributed by atoms with Crippen molar-refractivity contribution >= 4 is 30.2 Å². The molecule has 0 unspecified atom stereocenters. The maximum Gasteiger partial charge on any atom is 0.407 e. The molecule has 1 atom stereocenters. The highest BCUT2D eigenvalue weighted by Gasteiger charge is 2.30. The van der Waals surface area contributed by atoms with Crippen molar-refractivity contribution in [1.82, 2.24) is 5.32 Å². The molecule has 0 aliphatic heterocycles. The highest BCUT2D eigenvalue weighted by molar-refractivity contribution is 5.85. The minimum Gasteiger partial charge on any atom is -0.480 e. The summed E-state index contributed by atoms with van der Waals surface area (Å²) in [5, 5.41) is 12.0. The van der Waals surface area contributed by atoms with E-state index in [4.69, 9.17) is 4.74 Å². The van der Waals surface area contributed by atoms with Crippen LogP contribution in [-0.2, 0) is 9.53 Å². The maximum atomic E-state index is 12.4. The number of nitrogens with zero attached hydrogens (tertiary/aromatic N) is 1. The van der Waals surface area contributed by atoms with Crippen molar-refractivity contribution in [2.45, 2.75) is 12.0 Å². The third kappa shape index (κ3) is 4.86. The molecule has 6 nitrogen and oxygen atoms in total. The van der Waals surface area contributed by atoms with Gasteiger partial charge >= 0.3 is 12.1 Å². The van der Waals surface area contributed by atoms with Crippen LogP contribution in [0.4, 0.5) is 10.5 Å². The molecule has 0 spiro atoms. The Bertz CT molecular complexity index is 1040. The van der Waals surface area contributed by atoms with Crippen molar-refractivity contribution < 1.29 is 19.4 Å². The monoisotopic (exact) mass is 452 g/mol. The van der Waals surface area contributed by atoms with Gasteiger partial charge in [-0.25, -0.2) is 9.59 Å². The van der Waals surface area contributed by atoms with Crippen LogP contribution in [-0.4, -0.2) is 43.4 Å². The summed E-state index contributed by atoms with van der Waals surface area (Å²) in [4.78, 5) is 25.9. The molecule has 0 heterocycles. The normalized spacial score (nSPS) is 12.7. The van der Waals surface area contributed by atoms with E-state index in [9.17, 15) is 14.7 Å². The number of ether oxygens (including phenoxy) is 1. The minimum atomic E-state index is -1.11. The lowest BCUT2D eigenvalue weighted by molar-refractivity contribution is -0.139. The topological polar surface area (TPSA) is 78.9 Å². The summed E-state index contributed by atoms with van der Waals surface area (Å²) in [6, 6.07) is 24.4. The van der Waals surface area contributed by atoms with Gasteiger partial charge in [-0.2, -0.15) is 0 Å². The second-order valence-corrected chi connectivity index (χ2v) is 7.58. The standard InChI is InChI=1S/C25H24N2O4.ClH/c1-27(17-9-3-2-4-10-17)15-23(24(28)29)26-25(30)31-16-22-20-13-7-5-11-18(20)19-12-6-8-14-21(19)22;/h2-14,22-23H,15-16H2,1H3,(H,26,30)(H,28,29);1H/t23-;/m0./s1. The highest BCUT2D eigenvalue weighted by atomic mass is 35.5. The number of benzene rings is 3. The van der Waals surface area contributed by atoms with Gasteiger partial charge in [0.05, 0.1) is 0 Å². The Kier molecular flexibility index (Phi) is 7.38. The quantitative estimate of drug-likeness (QED) is 0.550. The lowest BCUT2D eigenvalue weighted by Crippen LogP contribution is -2.48. The highest BCUT2D eigenvalue weighted by Crippen LogP contribution is 2.44. The molecule has 1 amide bonds. The number of carbonyl (C=O) groups is 2. The molecule has 7 heteroatoms. The number of likely N-dealkylation sites (N-methyl/N-ethyl adjacent to an activating group) is 1. The van der Waals surface area contributed by atoms with Crippen LogP contribution in [0.2, 0.25) is 0 Å². The zero-order valence-corrected chi connectivity index (χ0v) is 18.4. The zero-order chi connectivity index (χ0) is 21.8. The maximum absolute atomic E-state index is 12.4. The van der Waals surface area contributed by atoms with Crippen molar-refractivity contribution in [2.24, 2.45) is 0 Å². The van der Waals surface area contributed by atoms with Crippen LogP contribution in [0.3, 0.4) is 0 Å². The van der Waals surface area contributed by atoms with Gasteiger partial charge in [0.2, 0.25) is 0 Å². The van der Waals surface area contributed by atoms with Crippen LogP contribution < -0.4 is 10.2 Å². The molecule has 4 rings (SSSR count). The average molecular weight is 453 g/mol. The number of halogens is 1. The average Bonchev–Trinajstić information content (AvgIpc) is 3.11. The Hall–Kier alpha value is -3.51. The van der Waals surface area contributed by atoms with Crippen LogP contribution in [0.25, 0.3) is 11.1 Å². The minimum absolute atomic E-state index is 0. The van der Waals surface area contributed by atoms with E-state index >= 15 is 0 Å². The van der Waals surface area contributed by atoms with E-state index in [-0.39, 0.29) is 31.5 Å². The van der Waals surface area contributed by atoms with Crippen molar-refractivity contribution in [1.29, 1.82) is 0 Å². The van der Waals surface area contributed by atoms with E-state index in [1.54, 1.807) is 11.9 Å². The first-order valence-corrected chi connectivity index (χ1v) is 10.1. The summed E-state index contributed by atoms with van der Waals surface area (Å²) >= 11 is 0. The summed E-state index contributed by atoms with van der Waals surface area (Å²) in [6.07, 6.45) is -0.740. The Labute approximate surface area is 193 Å². The fourth-order valence-electron chi connectivity index (χ4n) is 4.03. The summed E-state index contributed by atoms with van der Waals surface area (Å²) in [5.41, 5.74) is 5.35. The number of anilines is 1. The number of para-hydroxylation sites is 1. The molecule has 0 saturated heterocycles. The zero-order valence-electron chi connectivity index (χ0n) is 17.6. The van der Waals surface area contributed by atoms with Gasteiger partial charge in [0.1, 0.15) is 12.6 Å². The molecule has 1 aliphatic rings. The number of hydrogen-bond acceptors (Lipinski definition) is 4. The van der Waals surface area contributed by atoms with Crippen LogP contribution in [0.5, 0.6) is 0 Å². The number of carboxylic acids is 1. The second-order valence-electron chi connectivity index (χ2n) is 7.58. The van der Waals surface area contributed by atoms with Crippen molar-refractivity contribution in [3.05, 3.63) is 90.0 Å². The first-order chi connectivity index (χ1) is 15.0. The number of amides is 1. The van der Waals surface area contributed by atoms with Crippen molar-refractivity contribution in [3.8, 4) is 11.1 Å². The number of fused-ring (bicyclic) bond motifs is 3. The summed E-state index contributed by atoms with van der Waals surface area (Å²) in [5.74, 6) is -1.19. The number of hydrogen-bond donors (Lipinski definition) is 2. The molecular weight excluding hydrogens is 428 g/mol. The van der Waals surface area contributed by atoms with E-state index in [1.807, 2.05) is 66.7 Å². The molecule has 1 aliphatic carbocycles. The first kappa shape index (κ1) is 23.2. The Morgan fingerprint density at radius 3 is 2.03 bits per heavy atom. The van der Waals surface area contributed by atoms with Crippen LogP contribution in [0, 0.1) is 0 Å². The molecule has 0 aromatic heterocycles. The number of aliphatic carboxylic acids is 1. The van der Waals surface area contributed by atoms with Gasteiger partial charge in [-0.3, -0.25) is 0 Å². The molecule has 166 valence electrons. The number of alkyl carbamates (subject to hydrolysis) is 1. The van der Waals surface area contributed by atoms with E-state index < -0.39 is 18.1 Å². The number of rotatable bonds is 7. The molecule has 32 heavy (non-hydrogen) atoms. The predicted octanol–water partition coefficient (Wildman–Crippen LogP) is 4.54. The molecule has 0 bridgehead atoms. The van der Waals surface area contributed by atoms with Crippen molar-refractivity contribution in [2.75, 3.05) is 25.1 Å². The molecule has 0 fully saturated rings. The molecular formula is C25H25ClN2O4. The van der Waals surface area contributed by atoms with E-state index in [0.717, 1.165) is 27.9 Å². The van der Waals surface area contributed by atoms with Crippen LogP contribution in [0.15, 0.2) is 78.9 Å². The lowest BCUT2D eigenvalue weighted by Gasteiger charge is -2.24. The smallest absolute Gasteiger partial charge is 0.407 e. The van der Waals surface area contributed by atoms with Gasteiger partial charge in [-0.15, -0.1) is 12.4 Å². The molecule has 2 N–H and O–H groups in total. The van der Waals surface area contributed by atoms with Gasteiger partial charge in [-0.1, -0.05) is 66.7 Å². The fourth-order valence-corrected chi connectivity index (χ4v) is 4.03. The SMILES string of the molecule is CN(C[C@H](NC(=O)OCC1c2ccccc2-c2ccccc21)C(=O)O)c1ccccc1.Cl. The third-order valence-electron chi connectivity index (χ3n) is 5.59. The van der Waals surface area contributed by atoms with Crippen molar-refractivity contribution in [3.63, 3.8) is 0 Å². The van der Waals surface area contributed by atoms with E-state index in [0.29, 0.717) is 0 Å². The van der Waals surface area contributed by atoms with Gasteiger partial charge < -0.3 is 20.1 Å². The first-order valence-electron chi connectivity index (χ1n) is 10.1. The van der Waals surface area contributed by atoms with Gasteiger partial charge in [0.25, 0.3) is 0 Å².